The van der Waals surface area contributed by atoms with E-state index in [4.69, 9.17) is 22.1 Å². The van der Waals surface area contributed by atoms with Gasteiger partial charge in [0.15, 0.2) is 0 Å². The van der Waals surface area contributed by atoms with Crippen LogP contribution in [0.3, 0.4) is 0 Å². The zero-order chi connectivity index (χ0) is 11.6. The molecule has 1 aromatic rings. The van der Waals surface area contributed by atoms with Crippen molar-refractivity contribution in [2.45, 2.75) is 18.3 Å². The summed E-state index contributed by atoms with van der Waals surface area (Å²) in [5.41, 5.74) is 6.83. The van der Waals surface area contributed by atoms with Crippen molar-refractivity contribution in [1.82, 2.24) is 0 Å². The molecule has 1 aliphatic rings. The van der Waals surface area contributed by atoms with Crippen molar-refractivity contribution in [2.24, 2.45) is 5.73 Å². The fourth-order valence-corrected chi connectivity index (χ4v) is 2.65. The fourth-order valence-electron chi connectivity index (χ4n) is 2.28. The van der Waals surface area contributed by atoms with Crippen molar-refractivity contribution in [3.8, 4) is 5.75 Å². The van der Waals surface area contributed by atoms with E-state index in [1.165, 1.54) is 0 Å². The number of halogens is 1. The molecule has 0 atom stereocenters. The van der Waals surface area contributed by atoms with E-state index in [1.54, 1.807) is 12.1 Å². The first-order valence-electron chi connectivity index (χ1n) is 5.45. The minimum absolute atomic E-state index is 0.0942. The molecule has 3 nitrogen and oxygen atoms in total. The van der Waals surface area contributed by atoms with Crippen molar-refractivity contribution in [2.75, 3.05) is 19.8 Å². The van der Waals surface area contributed by atoms with Gasteiger partial charge in [-0.25, -0.2) is 0 Å². The first-order chi connectivity index (χ1) is 7.68. The van der Waals surface area contributed by atoms with Crippen LogP contribution in [0.4, 0.5) is 0 Å². The minimum atomic E-state index is -0.0942. The summed E-state index contributed by atoms with van der Waals surface area (Å²) in [5.74, 6) is 0.188. The summed E-state index contributed by atoms with van der Waals surface area (Å²) in [6, 6.07) is 5.10. The lowest BCUT2D eigenvalue weighted by molar-refractivity contribution is 0.0530. The number of nitrogens with two attached hydrogens (primary N) is 1. The number of ether oxygens (including phenoxy) is 1. The standard InChI is InChI=1S/C12H16ClNO2/c13-11-7-9(15)1-2-10(11)12(8-14)3-5-16-6-4-12/h1-2,7,15H,3-6,8,14H2. The topological polar surface area (TPSA) is 55.5 Å². The van der Waals surface area contributed by atoms with Gasteiger partial charge < -0.3 is 15.6 Å². The molecule has 0 radical (unpaired) electrons. The summed E-state index contributed by atoms with van der Waals surface area (Å²) in [7, 11) is 0. The van der Waals surface area contributed by atoms with Gasteiger partial charge in [0.05, 0.1) is 0 Å². The summed E-state index contributed by atoms with van der Waals surface area (Å²) in [5, 5.41) is 9.94. The second kappa shape index (κ2) is 4.62. The highest BCUT2D eigenvalue weighted by atomic mass is 35.5. The van der Waals surface area contributed by atoms with Crippen LogP contribution < -0.4 is 5.73 Å². The lowest BCUT2D eigenvalue weighted by atomic mass is 9.74. The van der Waals surface area contributed by atoms with Gasteiger partial charge in [0, 0.05) is 30.2 Å². The first kappa shape index (κ1) is 11.7. The molecule has 0 amide bonds. The molecule has 1 saturated heterocycles. The average Bonchev–Trinajstić information content (AvgIpc) is 2.30. The van der Waals surface area contributed by atoms with Gasteiger partial charge in [-0.3, -0.25) is 0 Å². The van der Waals surface area contributed by atoms with Gasteiger partial charge in [0.2, 0.25) is 0 Å². The van der Waals surface area contributed by atoms with Crippen LogP contribution in [0.5, 0.6) is 5.75 Å². The molecular weight excluding hydrogens is 226 g/mol. The molecule has 0 saturated carbocycles. The Bertz CT molecular complexity index is 375. The quantitative estimate of drug-likeness (QED) is 0.833. The van der Waals surface area contributed by atoms with E-state index < -0.39 is 0 Å². The fraction of sp³-hybridized carbons (Fsp3) is 0.500. The molecule has 0 aromatic heterocycles. The Hall–Kier alpha value is -0.770. The van der Waals surface area contributed by atoms with E-state index in [-0.39, 0.29) is 11.2 Å². The van der Waals surface area contributed by atoms with Crippen molar-refractivity contribution in [3.63, 3.8) is 0 Å². The molecule has 1 aliphatic heterocycles. The highest BCUT2D eigenvalue weighted by molar-refractivity contribution is 6.31. The van der Waals surface area contributed by atoms with Crippen LogP contribution >= 0.6 is 11.6 Å². The van der Waals surface area contributed by atoms with Crippen LogP contribution in [0.1, 0.15) is 18.4 Å². The Morgan fingerprint density at radius 1 is 1.38 bits per heavy atom. The summed E-state index contributed by atoms with van der Waals surface area (Å²) in [6.07, 6.45) is 1.77. The Morgan fingerprint density at radius 3 is 2.62 bits per heavy atom. The summed E-state index contributed by atoms with van der Waals surface area (Å²) in [6.45, 7) is 1.99. The van der Waals surface area contributed by atoms with E-state index in [0.717, 1.165) is 18.4 Å². The van der Waals surface area contributed by atoms with Crippen LogP contribution in [-0.4, -0.2) is 24.9 Å². The maximum atomic E-state index is 9.35. The molecule has 88 valence electrons. The third-order valence-corrected chi connectivity index (χ3v) is 3.68. The summed E-state index contributed by atoms with van der Waals surface area (Å²) >= 11 is 6.17. The van der Waals surface area contributed by atoms with Crippen LogP contribution in [-0.2, 0) is 10.2 Å². The Labute approximate surface area is 100 Å². The molecule has 0 bridgehead atoms. The number of hydrogen-bond acceptors (Lipinski definition) is 3. The van der Waals surface area contributed by atoms with E-state index in [2.05, 4.69) is 0 Å². The lowest BCUT2D eigenvalue weighted by Crippen LogP contribution is -2.40. The number of phenols is 1. The van der Waals surface area contributed by atoms with Crippen molar-refractivity contribution < 1.29 is 9.84 Å². The van der Waals surface area contributed by atoms with Crippen LogP contribution in [0.15, 0.2) is 18.2 Å². The van der Waals surface area contributed by atoms with Gasteiger partial charge in [-0.1, -0.05) is 17.7 Å². The third-order valence-electron chi connectivity index (χ3n) is 3.36. The molecular formula is C12H16ClNO2. The van der Waals surface area contributed by atoms with Crippen molar-refractivity contribution in [1.29, 1.82) is 0 Å². The molecule has 1 heterocycles. The Morgan fingerprint density at radius 2 is 2.06 bits per heavy atom. The number of rotatable bonds is 2. The lowest BCUT2D eigenvalue weighted by Gasteiger charge is -2.37. The molecule has 0 unspecified atom stereocenters. The van der Waals surface area contributed by atoms with Crippen molar-refractivity contribution >= 4 is 11.6 Å². The van der Waals surface area contributed by atoms with E-state index in [9.17, 15) is 5.11 Å². The van der Waals surface area contributed by atoms with Gasteiger partial charge in [0.1, 0.15) is 5.75 Å². The molecule has 2 rings (SSSR count). The normalized spacial score (nSPS) is 19.6. The van der Waals surface area contributed by atoms with E-state index >= 15 is 0 Å². The zero-order valence-corrected chi connectivity index (χ0v) is 9.83. The summed E-state index contributed by atoms with van der Waals surface area (Å²) < 4.78 is 5.36. The third kappa shape index (κ3) is 2.03. The van der Waals surface area contributed by atoms with Gasteiger partial charge in [-0.2, -0.15) is 0 Å². The van der Waals surface area contributed by atoms with Crippen molar-refractivity contribution in [3.05, 3.63) is 28.8 Å². The number of hydrogen-bond donors (Lipinski definition) is 2. The van der Waals surface area contributed by atoms with Crippen LogP contribution in [0.25, 0.3) is 0 Å². The minimum Gasteiger partial charge on any atom is -0.508 e. The largest absolute Gasteiger partial charge is 0.508 e. The second-order valence-electron chi connectivity index (χ2n) is 4.26. The Kier molecular flexibility index (Phi) is 3.38. The Balaban J connectivity index is 2.39. The second-order valence-corrected chi connectivity index (χ2v) is 4.67. The predicted molar refractivity (Wildman–Crippen MR) is 63.9 cm³/mol. The highest BCUT2D eigenvalue weighted by Crippen LogP contribution is 2.38. The average molecular weight is 242 g/mol. The smallest absolute Gasteiger partial charge is 0.117 e. The molecule has 3 N–H and O–H groups in total. The number of aromatic hydroxyl groups is 1. The van der Waals surface area contributed by atoms with Crippen LogP contribution in [0, 0.1) is 0 Å². The number of benzene rings is 1. The van der Waals surface area contributed by atoms with Gasteiger partial charge in [-0.15, -0.1) is 0 Å². The molecule has 4 heteroatoms. The first-order valence-corrected chi connectivity index (χ1v) is 5.82. The maximum Gasteiger partial charge on any atom is 0.117 e. The van der Waals surface area contributed by atoms with Gasteiger partial charge in [0.25, 0.3) is 0 Å². The molecule has 0 aliphatic carbocycles. The molecule has 0 spiro atoms. The van der Waals surface area contributed by atoms with Gasteiger partial charge >= 0.3 is 0 Å². The number of phenolic OH excluding ortho intramolecular Hbond substituents is 1. The van der Waals surface area contributed by atoms with Gasteiger partial charge in [-0.05, 0) is 30.5 Å². The van der Waals surface area contributed by atoms with Crippen LogP contribution in [0.2, 0.25) is 5.02 Å². The predicted octanol–water partition coefficient (Wildman–Crippen LogP) is 2.05. The monoisotopic (exact) mass is 241 g/mol. The molecule has 1 fully saturated rings. The van der Waals surface area contributed by atoms with E-state index in [1.807, 2.05) is 6.07 Å². The molecule has 1 aromatic carbocycles. The zero-order valence-electron chi connectivity index (χ0n) is 9.08. The maximum absolute atomic E-state index is 9.35. The van der Waals surface area contributed by atoms with E-state index in [0.29, 0.717) is 24.8 Å². The SMILES string of the molecule is NCC1(c2ccc(O)cc2Cl)CCOCC1. The highest BCUT2D eigenvalue weighted by Gasteiger charge is 2.34. The molecule has 16 heavy (non-hydrogen) atoms. The summed E-state index contributed by atoms with van der Waals surface area (Å²) in [4.78, 5) is 0.